The fraction of sp³-hybridized carbons (Fsp3) is 0.0647. The summed E-state index contributed by atoms with van der Waals surface area (Å²) in [4.78, 5) is 7.46. The van der Waals surface area contributed by atoms with E-state index in [1.165, 1.54) is 221 Å². The summed E-state index contributed by atoms with van der Waals surface area (Å²) in [5.41, 5.74) is 38.4. The van der Waals surface area contributed by atoms with Gasteiger partial charge in [0.25, 0.3) is 0 Å². The van der Waals surface area contributed by atoms with Crippen LogP contribution in [0.1, 0.15) is 74.9 Å². The lowest BCUT2D eigenvalue weighted by molar-refractivity contribution is 0.666. The van der Waals surface area contributed by atoms with Gasteiger partial charge in [-0.2, -0.15) is 0 Å². The summed E-state index contributed by atoms with van der Waals surface area (Å²) in [6.07, 6.45) is 0. The van der Waals surface area contributed by atoms with Crippen LogP contribution in [0.4, 0.5) is 51.2 Å². The summed E-state index contributed by atoms with van der Waals surface area (Å²) in [6.45, 7) is 14.3. The average Bonchev–Trinajstić information content (AvgIpc) is 1.54. The Labute approximate surface area is 831 Å². The predicted octanol–water partition coefficient (Wildman–Crippen LogP) is 38.8. The molecule has 0 unspecified atom stereocenters. The second-order valence-electron chi connectivity index (χ2n) is 39.7. The Kier molecular flexibility index (Phi) is 21.3. The molecule has 3 nitrogen and oxygen atoms in total. The van der Waals surface area contributed by atoms with Crippen LogP contribution in [0, 0.1) is 0 Å². The van der Waals surface area contributed by atoms with Gasteiger partial charge in [-0.05, 0) is 267 Å². The Morgan fingerprint density at radius 2 is 0.408 bits per heavy atom. The number of benzene rings is 24. The van der Waals surface area contributed by atoms with E-state index in [4.69, 9.17) is 0 Å². The minimum atomic E-state index is -0.147. The van der Waals surface area contributed by atoms with Crippen molar-refractivity contribution in [1.82, 2.24) is 0 Å². The summed E-state index contributed by atoms with van der Waals surface area (Å²) in [5.74, 6) is 0. The van der Waals surface area contributed by atoms with Gasteiger partial charge >= 0.3 is 0 Å². The van der Waals surface area contributed by atoms with E-state index < -0.39 is 0 Å². The molecule has 24 aromatic carbocycles. The van der Waals surface area contributed by atoms with Crippen LogP contribution in [-0.4, -0.2) is 0 Å². The summed E-state index contributed by atoms with van der Waals surface area (Å²) in [7, 11) is 0. The molecule has 27 rings (SSSR count). The first-order valence-corrected chi connectivity index (χ1v) is 49.7. The first-order valence-electron chi connectivity index (χ1n) is 49.7. The molecule has 674 valence electrons. The topological polar surface area (TPSA) is 9.72 Å². The van der Waals surface area contributed by atoms with E-state index in [9.17, 15) is 0 Å². The minimum Gasteiger partial charge on any atom is -0.310 e. The molecule has 0 bridgehead atoms. The van der Waals surface area contributed by atoms with Crippen LogP contribution >= 0.6 is 0 Å². The zero-order chi connectivity index (χ0) is 95.3. The maximum Gasteiger partial charge on any atom is 0.0549 e. The SMILES string of the molecule is CC1(C)c2ccccc2-c2c(N(c3ccc(-c4ccc5ccccc5c4)cc3)c3cccc(-c4ccccc4)c3)cc3ccccc3c21.CC1(C)c2ccccc2-c2c(N(c3ccc(-c4ccc5ccccc5c4)cc3)c3cccc4ccccc34)cc3ccccc3c21.CC1(C)c2ccccc2-c2c(N(c3ccc(-c4ccc5ccccc5c4)cc3)c3ccccc3-c3ccccc3)cc3ccccc3c21. The molecule has 0 heterocycles. The van der Waals surface area contributed by atoms with Gasteiger partial charge in [0, 0.05) is 66.6 Å². The predicted molar refractivity (Wildman–Crippen MR) is 606 cm³/mol. The van der Waals surface area contributed by atoms with Gasteiger partial charge in [0.15, 0.2) is 0 Å². The monoisotopic (exact) mass is 1810 g/mol. The number of nitrogens with zero attached hydrogens (tertiary/aromatic N) is 3. The molecule has 0 spiro atoms. The van der Waals surface area contributed by atoms with Gasteiger partial charge in [0.2, 0.25) is 0 Å². The van der Waals surface area contributed by atoms with E-state index in [2.05, 4.69) is 572 Å². The highest BCUT2D eigenvalue weighted by molar-refractivity contribution is 6.12. The van der Waals surface area contributed by atoms with Crippen molar-refractivity contribution in [2.24, 2.45) is 0 Å². The standard InChI is InChI=1S/2C47H35N.C45H33N/c1-47(2)42-22-12-10-21-41(42)45-44(31-37-18-8-9-20-40(37)46(45)47)48(43-23-13-11-19-39(43)34-15-4-3-5-16-34)38-28-26-33(27-29-38)36-25-24-32-14-6-7-17-35(32)30-36;1-47(2)43-22-11-10-21-42(43)45-44(31-38-17-8-9-20-41(38)46(45)47)48(40-19-12-18-36(30-40)32-13-4-3-5-14-32)39-27-25-34(26-28-39)37-24-23-33-15-6-7-16-35(33)29-37;1-45(2)40-20-10-9-19-39(40)43-42(29-35-15-6-8-18-38(35)44(43)45)46(41-21-11-16-32-13-5-7-17-37(32)41)36-26-24-31(25-27-36)34-23-22-30-12-3-4-14-33(30)28-34/h2*3-31H,1-2H3;3-29H,1-2H3. The second kappa shape index (κ2) is 35.2. The van der Waals surface area contributed by atoms with Crippen LogP contribution in [0.2, 0.25) is 0 Å². The normalized spacial score (nSPS) is 13.0. The Morgan fingerprint density at radius 1 is 0.141 bits per heavy atom. The van der Waals surface area contributed by atoms with Crippen LogP contribution in [0.5, 0.6) is 0 Å². The number of rotatable bonds is 14. The highest BCUT2D eigenvalue weighted by Crippen LogP contribution is 2.62. The first-order chi connectivity index (χ1) is 69.7. The van der Waals surface area contributed by atoms with Gasteiger partial charge in [-0.15, -0.1) is 0 Å². The highest BCUT2D eigenvalue weighted by Gasteiger charge is 2.44. The van der Waals surface area contributed by atoms with Crippen LogP contribution in [0.3, 0.4) is 0 Å². The van der Waals surface area contributed by atoms with E-state index in [-0.39, 0.29) is 16.2 Å². The molecule has 0 aliphatic heterocycles. The van der Waals surface area contributed by atoms with E-state index in [0.29, 0.717) is 0 Å². The van der Waals surface area contributed by atoms with Crippen molar-refractivity contribution in [3.05, 3.63) is 549 Å². The molecule has 0 aromatic heterocycles. The van der Waals surface area contributed by atoms with Crippen LogP contribution in [0.15, 0.2) is 516 Å². The lowest BCUT2D eigenvalue weighted by atomic mass is 9.80. The molecule has 0 saturated carbocycles. The smallest absolute Gasteiger partial charge is 0.0549 e. The molecule has 0 radical (unpaired) electrons. The molecule has 3 heteroatoms. The van der Waals surface area contributed by atoms with Crippen molar-refractivity contribution >= 4 is 127 Å². The van der Waals surface area contributed by atoms with Gasteiger partial charge in [-0.3, -0.25) is 0 Å². The van der Waals surface area contributed by atoms with E-state index in [0.717, 1.165) is 28.4 Å². The molecule has 0 fully saturated rings. The van der Waals surface area contributed by atoms with Gasteiger partial charge < -0.3 is 14.7 Å². The fourth-order valence-electron chi connectivity index (χ4n) is 23.6. The molecular formula is C139H103N3. The largest absolute Gasteiger partial charge is 0.310 e. The van der Waals surface area contributed by atoms with Gasteiger partial charge in [-0.25, -0.2) is 0 Å². The molecule has 3 aliphatic carbocycles. The third-order valence-electron chi connectivity index (χ3n) is 30.4. The van der Waals surface area contributed by atoms with Crippen molar-refractivity contribution in [2.45, 2.75) is 57.8 Å². The lowest BCUT2D eigenvalue weighted by Crippen LogP contribution is -2.17. The van der Waals surface area contributed by atoms with E-state index in [1.54, 1.807) is 0 Å². The summed E-state index contributed by atoms with van der Waals surface area (Å²) in [6, 6.07) is 189. The van der Waals surface area contributed by atoms with Crippen molar-refractivity contribution in [3.63, 3.8) is 0 Å². The van der Waals surface area contributed by atoms with Crippen LogP contribution in [-0.2, 0) is 16.2 Å². The second-order valence-corrected chi connectivity index (χ2v) is 39.7. The Hall–Kier alpha value is -17.5. The Balaban J connectivity index is 0.000000112. The zero-order valence-electron chi connectivity index (χ0n) is 80.4. The van der Waals surface area contributed by atoms with Crippen LogP contribution < -0.4 is 14.7 Å². The van der Waals surface area contributed by atoms with Gasteiger partial charge in [0.05, 0.1) is 28.4 Å². The molecule has 142 heavy (non-hydrogen) atoms. The third-order valence-corrected chi connectivity index (χ3v) is 30.4. The van der Waals surface area contributed by atoms with E-state index in [1.807, 2.05) is 0 Å². The number of hydrogen-bond donors (Lipinski definition) is 0. The van der Waals surface area contributed by atoms with Crippen molar-refractivity contribution in [2.75, 3.05) is 14.7 Å². The Bertz CT molecular complexity index is 9050. The molecule has 0 saturated heterocycles. The maximum absolute atomic E-state index is 2.50. The number of anilines is 9. The first kappa shape index (κ1) is 86.1. The van der Waals surface area contributed by atoms with E-state index >= 15 is 0 Å². The van der Waals surface area contributed by atoms with Crippen molar-refractivity contribution in [3.8, 4) is 89.0 Å². The molecule has 24 aromatic rings. The summed E-state index contributed by atoms with van der Waals surface area (Å²) in [5, 5.41) is 17.7. The number of para-hydroxylation sites is 1. The summed E-state index contributed by atoms with van der Waals surface area (Å²) >= 11 is 0. The number of hydrogen-bond acceptors (Lipinski definition) is 3. The minimum absolute atomic E-state index is 0.133. The molecule has 0 atom stereocenters. The Morgan fingerprint density at radius 3 is 0.824 bits per heavy atom. The average molecular weight is 1820 g/mol. The van der Waals surface area contributed by atoms with Crippen LogP contribution in [0.25, 0.3) is 164 Å². The van der Waals surface area contributed by atoms with Gasteiger partial charge in [-0.1, -0.05) is 460 Å². The zero-order valence-corrected chi connectivity index (χ0v) is 80.4. The maximum atomic E-state index is 2.50. The lowest BCUT2D eigenvalue weighted by Gasteiger charge is -2.31. The summed E-state index contributed by atoms with van der Waals surface area (Å²) < 4.78 is 0. The van der Waals surface area contributed by atoms with Crippen molar-refractivity contribution < 1.29 is 0 Å². The molecular weight excluding hydrogens is 1710 g/mol. The highest BCUT2D eigenvalue weighted by atomic mass is 15.2. The van der Waals surface area contributed by atoms with Crippen molar-refractivity contribution in [1.29, 1.82) is 0 Å². The molecule has 3 aliphatic rings. The molecule has 0 amide bonds. The quantitative estimate of drug-likeness (QED) is 0.107. The number of fused-ring (bicyclic) bond motifs is 19. The third kappa shape index (κ3) is 14.9. The van der Waals surface area contributed by atoms with Gasteiger partial charge in [0.1, 0.15) is 0 Å². The fourth-order valence-corrected chi connectivity index (χ4v) is 23.6. The molecule has 0 N–H and O–H groups in total.